The van der Waals surface area contributed by atoms with Crippen molar-refractivity contribution in [3.63, 3.8) is 0 Å². The van der Waals surface area contributed by atoms with Crippen LogP contribution in [0.4, 0.5) is 0 Å². The molecule has 3 rings (SSSR count). The Labute approximate surface area is 141 Å². The highest BCUT2D eigenvalue weighted by molar-refractivity contribution is 5.66. The summed E-state index contributed by atoms with van der Waals surface area (Å²) >= 11 is 0. The molecule has 0 aromatic rings. The third kappa shape index (κ3) is 2.96. The molecule has 1 saturated heterocycles. The van der Waals surface area contributed by atoms with Crippen LogP contribution in [0.25, 0.3) is 9.69 Å². The van der Waals surface area contributed by atoms with Gasteiger partial charge in [0.05, 0.1) is 13.2 Å². The Morgan fingerprint density at radius 3 is 2.62 bits per heavy atom. The molecule has 0 bridgehead atoms. The second-order valence-electron chi connectivity index (χ2n) is 6.46. The Kier molecular flexibility index (Phi) is 4.45. The fourth-order valence-corrected chi connectivity index (χ4v) is 3.77. The first-order valence-electron chi connectivity index (χ1n) is 8.09. The van der Waals surface area contributed by atoms with Crippen molar-refractivity contribution in [2.45, 2.75) is 44.1 Å². The molecule has 3 aliphatic rings. The molecule has 1 spiro atoms. The fraction of sp³-hybridized carbons (Fsp3) is 0.611. The van der Waals surface area contributed by atoms with Crippen LogP contribution in [0.2, 0.25) is 0 Å². The quantitative estimate of drug-likeness (QED) is 0.444. The lowest BCUT2D eigenvalue weighted by atomic mass is 9.76. The number of rotatable bonds is 2. The molecule has 1 heterocycles. The van der Waals surface area contributed by atoms with Crippen LogP contribution in [0.5, 0.6) is 0 Å². The van der Waals surface area contributed by atoms with E-state index in [1.165, 1.54) is 6.92 Å². The second-order valence-corrected chi connectivity index (χ2v) is 6.46. The summed E-state index contributed by atoms with van der Waals surface area (Å²) in [4.78, 5) is 18.5. The molecule has 1 aliphatic heterocycles. The molecule has 0 saturated carbocycles. The first-order chi connectivity index (χ1) is 11.5. The maximum atomic E-state index is 11.1. The first-order valence-corrected chi connectivity index (χ1v) is 8.09. The van der Waals surface area contributed by atoms with Crippen LogP contribution in [0.1, 0.15) is 32.6 Å². The molecule has 2 aliphatic carbocycles. The van der Waals surface area contributed by atoms with E-state index >= 15 is 0 Å². The van der Waals surface area contributed by atoms with E-state index in [1.807, 2.05) is 12.2 Å². The van der Waals surface area contributed by atoms with Gasteiger partial charge in [-0.1, -0.05) is 12.2 Å². The van der Waals surface area contributed by atoms with E-state index in [0.717, 1.165) is 11.1 Å². The van der Waals surface area contributed by atoms with E-state index in [-0.39, 0.29) is 18.5 Å². The van der Waals surface area contributed by atoms with Crippen molar-refractivity contribution in [2.24, 2.45) is 5.92 Å². The SMILES string of the molecule is [C-]#[N+]C1([N+]#[C-])CC=C(COC(C)=O)CC2CC3(CC=C21)OCCO3. The van der Waals surface area contributed by atoms with E-state index in [2.05, 4.69) is 9.69 Å². The molecule has 6 heteroatoms. The number of esters is 1. The summed E-state index contributed by atoms with van der Waals surface area (Å²) in [6.07, 6.45) is 6.04. The maximum Gasteiger partial charge on any atom is 0.509 e. The number of ether oxygens (including phenoxy) is 3. The van der Waals surface area contributed by atoms with Gasteiger partial charge in [-0.15, -0.1) is 0 Å². The molecule has 6 nitrogen and oxygen atoms in total. The Hall–Kier alpha value is -2.15. The Morgan fingerprint density at radius 1 is 1.29 bits per heavy atom. The van der Waals surface area contributed by atoms with Crippen molar-refractivity contribution < 1.29 is 19.0 Å². The van der Waals surface area contributed by atoms with Crippen molar-refractivity contribution in [2.75, 3.05) is 19.8 Å². The minimum Gasteiger partial charge on any atom is -0.461 e. The third-order valence-electron chi connectivity index (χ3n) is 4.92. The number of nitrogens with zero attached hydrogens (tertiary/aromatic N) is 2. The monoisotopic (exact) mass is 328 g/mol. The number of hydrogen-bond donors (Lipinski definition) is 0. The molecular formula is C18H20N2O4. The predicted octanol–water partition coefficient (Wildman–Crippen LogP) is 2.88. The summed E-state index contributed by atoms with van der Waals surface area (Å²) in [5.74, 6) is -0.967. The molecular weight excluding hydrogens is 308 g/mol. The van der Waals surface area contributed by atoms with Gasteiger partial charge in [0.2, 0.25) is 0 Å². The predicted molar refractivity (Wildman–Crippen MR) is 85.3 cm³/mol. The normalized spacial score (nSPS) is 27.0. The average Bonchev–Trinajstić information content (AvgIpc) is 2.95. The van der Waals surface area contributed by atoms with E-state index in [1.54, 1.807) is 0 Å². The summed E-state index contributed by atoms with van der Waals surface area (Å²) in [5.41, 5.74) is 0.625. The topological polar surface area (TPSA) is 53.5 Å². The van der Waals surface area contributed by atoms with Crippen LogP contribution in [-0.4, -0.2) is 37.2 Å². The Balaban J connectivity index is 1.92. The number of carbonyl (C=O) groups is 1. The van der Waals surface area contributed by atoms with Crippen LogP contribution in [0.15, 0.2) is 23.3 Å². The van der Waals surface area contributed by atoms with Gasteiger partial charge in [-0.05, 0) is 12.0 Å². The lowest BCUT2D eigenvalue weighted by molar-refractivity contribution is -0.169. The van der Waals surface area contributed by atoms with Gasteiger partial charge in [-0.25, -0.2) is 22.8 Å². The van der Waals surface area contributed by atoms with Crippen molar-refractivity contribution in [1.29, 1.82) is 0 Å². The van der Waals surface area contributed by atoms with Crippen LogP contribution in [-0.2, 0) is 19.0 Å². The highest BCUT2D eigenvalue weighted by atomic mass is 16.7. The zero-order valence-corrected chi connectivity index (χ0v) is 13.7. The van der Waals surface area contributed by atoms with Gasteiger partial charge in [0.25, 0.3) is 0 Å². The highest BCUT2D eigenvalue weighted by Crippen LogP contribution is 2.48. The summed E-state index contributed by atoms with van der Waals surface area (Å²) in [7, 11) is 0. The first kappa shape index (κ1) is 16.7. The van der Waals surface area contributed by atoms with Crippen molar-refractivity contribution in [1.82, 2.24) is 0 Å². The van der Waals surface area contributed by atoms with Gasteiger partial charge in [-0.3, -0.25) is 4.79 Å². The molecule has 0 aromatic heterocycles. The molecule has 126 valence electrons. The van der Waals surface area contributed by atoms with Gasteiger partial charge in [0.15, 0.2) is 5.79 Å². The molecule has 1 unspecified atom stereocenters. The molecule has 0 N–H and O–H groups in total. The van der Waals surface area contributed by atoms with Gasteiger partial charge in [0.1, 0.15) is 18.6 Å². The van der Waals surface area contributed by atoms with Crippen LogP contribution in [0.3, 0.4) is 0 Å². The number of hydrogen-bond acceptors (Lipinski definition) is 4. The molecule has 1 fully saturated rings. The zero-order chi connectivity index (χ0) is 17.2. The van der Waals surface area contributed by atoms with Gasteiger partial charge in [0, 0.05) is 25.7 Å². The van der Waals surface area contributed by atoms with Gasteiger partial charge >= 0.3 is 11.6 Å². The highest BCUT2D eigenvalue weighted by Gasteiger charge is 2.56. The molecule has 1 atom stereocenters. The molecule has 0 aromatic carbocycles. The molecule has 24 heavy (non-hydrogen) atoms. The average molecular weight is 328 g/mol. The minimum atomic E-state index is -1.19. The van der Waals surface area contributed by atoms with Crippen LogP contribution < -0.4 is 0 Å². The number of carbonyl (C=O) groups excluding carboxylic acids is 1. The summed E-state index contributed by atoms with van der Waals surface area (Å²) in [6, 6.07) is 0. The van der Waals surface area contributed by atoms with Crippen LogP contribution in [0, 0.1) is 19.1 Å². The zero-order valence-electron chi connectivity index (χ0n) is 13.7. The smallest absolute Gasteiger partial charge is 0.461 e. The van der Waals surface area contributed by atoms with E-state index in [4.69, 9.17) is 27.4 Å². The molecule has 0 amide bonds. The van der Waals surface area contributed by atoms with Gasteiger partial charge < -0.3 is 14.2 Å². The van der Waals surface area contributed by atoms with E-state index < -0.39 is 11.4 Å². The maximum absolute atomic E-state index is 11.1. The Morgan fingerprint density at radius 2 is 2.00 bits per heavy atom. The van der Waals surface area contributed by atoms with Crippen LogP contribution >= 0.6 is 0 Å². The second kappa shape index (κ2) is 6.39. The third-order valence-corrected chi connectivity index (χ3v) is 4.92. The molecule has 0 radical (unpaired) electrons. The minimum absolute atomic E-state index is 0.00985. The Bertz CT molecular complexity index is 660. The number of fused-ring (bicyclic) bond motifs is 1. The summed E-state index contributed by atoms with van der Waals surface area (Å²) in [6.45, 7) is 17.9. The van der Waals surface area contributed by atoms with Gasteiger partial charge in [-0.2, -0.15) is 0 Å². The van der Waals surface area contributed by atoms with Crippen molar-refractivity contribution in [3.8, 4) is 0 Å². The largest absolute Gasteiger partial charge is 0.509 e. The van der Waals surface area contributed by atoms with Crippen molar-refractivity contribution >= 4 is 5.97 Å². The van der Waals surface area contributed by atoms with E-state index in [0.29, 0.717) is 38.9 Å². The summed E-state index contributed by atoms with van der Waals surface area (Å²) < 4.78 is 16.8. The lowest BCUT2D eigenvalue weighted by Gasteiger charge is -2.35. The fourth-order valence-electron chi connectivity index (χ4n) is 3.77. The summed E-state index contributed by atoms with van der Waals surface area (Å²) in [5, 5.41) is 0. The van der Waals surface area contributed by atoms with E-state index in [9.17, 15) is 4.79 Å². The standard InChI is InChI=1S/C18H20N2O4/c1-13(21)22-12-14-4-7-18(19-2,20-3)16-5-6-17(11-15(16)10-14)23-8-9-24-17/h4-5,15H,6-12H2,1H3. The van der Waals surface area contributed by atoms with Crippen molar-refractivity contribution in [3.05, 3.63) is 46.1 Å². The lowest BCUT2D eigenvalue weighted by Crippen LogP contribution is -2.39.